The van der Waals surface area contributed by atoms with Gasteiger partial charge in [0.25, 0.3) is 0 Å². The highest BCUT2D eigenvalue weighted by Gasteiger charge is 2.24. The summed E-state index contributed by atoms with van der Waals surface area (Å²) >= 11 is 0. The predicted molar refractivity (Wildman–Crippen MR) is 149 cm³/mol. The van der Waals surface area contributed by atoms with Gasteiger partial charge in [0.15, 0.2) is 5.78 Å². The van der Waals surface area contributed by atoms with Crippen LogP contribution in [0.25, 0.3) is 0 Å². The van der Waals surface area contributed by atoms with Crippen LogP contribution >= 0.6 is 0 Å². The zero-order valence-corrected chi connectivity index (χ0v) is 22.8. The number of fused-ring (bicyclic) bond motifs is 1. The largest absolute Gasteiger partial charge is 0.466 e. The lowest BCUT2D eigenvalue weighted by molar-refractivity contribution is -0.143. The van der Waals surface area contributed by atoms with Crippen LogP contribution in [0.2, 0.25) is 0 Å². The second kappa shape index (κ2) is 14.2. The number of ketones is 1. The number of amides is 1. The van der Waals surface area contributed by atoms with Crippen molar-refractivity contribution in [1.29, 1.82) is 0 Å². The van der Waals surface area contributed by atoms with E-state index in [1.807, 2.05) is 11.0 Å². The lowest BCUT2D eigenvalue weighted by atomic mass is 9.89. The van der Waals surface area contributed by atoms with Gasteiger partial charge in [-0.05, 0) is 74.1 Å². The summed E-state index contributed by atoms with van der Waals surface area (Å²) in [5, 5.41) is 0. The fraction of sp³-hybridized carbons (Fsp3) is 0.531. The molecule has 1 fully saturated rings. The van der Waals surface area contributed by atoms with Gasteiger partial charge in [-0.25, -0.2) is 0 Å². The van der Waals surface area contributed by atoms with E-state index in [1.165, 1.54) is 16.7 Å². The van der Waals surface area contributed by atoms with Crippen molar-refractivity contribution in [2.45, 2.75) is 71.3 Å². The smallest absolute Gasteiger partial charge is 0.305 e. The van der Waals surface area contributed by atoms with Crippen molar-refractivity contribution in [2.75, 3.05) is 32.8 Å². The maximum atomic E-state index is 13.0. The molecule has 0 saturated carbocycles. The second-order valence-electron chi connectivity index (χ2n) is 10.7. The van der Waals surface area contributed by atoms with Gasteiger partial charge >= 0.3 is 5.97 Å². The Morgan fingerprint density at radius 3 is 2.34 bits per heavy atom. The van der Waals surface area contributed by atoms with E-state index < -0.39 is 0 Å². The van der Waals surface area contributed by atoms with Gasteiger partial charge in [-0.1, -0.05) is 42.5 Å². The molecule has 0 spiro atoms. The van der Waals surface area contributed by atoms with Crippen molar-refractivity contribution >= 4 is 17.7 Å². The third kappa shape index (κ3) is 8.26. The first-order valence-electron chi connectivity index (χ1n) is 14.4. The normalized spacial score (nSPS) is 16.5. The molecule has 2 aromatic carbocycles. The molecule has 0 radical (unpaired) electrons. The zero-order valence-electron chi connectivity index (χ0n) is 22.8. The molecule has 38 heavy (non-hydrogen) atoms. The van der Waals surface area contributed by atoms with Gasteiger partial charge in [0.05, 0.1) is 6.61 Å². The number of Topliss-reactive ketones (excluding diaryl/α,β-unsaturated/α-hetero) is 1. The summed E-state index contributed by atoms with van der Waals surface area (Å²) in [5.74, 6) is 0.602. The first-order chi connectivity index (χ1) is 18.5. The number of likely N-dealkylation sites (tertiary alicyclic amines) is 1. The number of carbonyl (C=O) groups excluding carboxylic acids is 3. The van der Waals surface area contributed by atoms with Crippen LogP contribution in [-0.2, 0) is 33.7 Å². The zero-order chi connectivity index (χ0) is 26.7. The van der Waals surface area contributed by atoms with Crippen LogP contribution in [0.15, 0.2) is 48.5 Å². The van der Waals surface area contributed by atoms with E-state index in [9.17, 15) is 14.4 Å². The van der Waals surface area contributed by atoms with Crippen LogP contribution in [0.1, 0.15) is 78.9 Å². The van der Waals surface area contributed by atoms with Gasteiger partial charge < -0.3 is 9.64 Å². The first-order valence-corrected chi connectivity index (χ1v) is 14.4. The minimum atomic E-state index is -0.233. The van der Waals surface area contributed by atoms with Gasteiger partial charge in [-0.3, -0.25) is 19.3 Å². The Morgan fingerprint density at radius 2 is 1.61 bits per heavy atom. The molecule has 0 aromatic heterocycles. The van der Waals surface area contributed by atoms with E-state index in [4.69, 9.17) is 4.74 Å². The number of hydrogen-bond donors (Lipinski definition) is 0. The number of nitrogens with zero attached hydrogens (tertiary/aromatic N) is 2. The van der Waals surface area contributed by atoms with Gasteiger partial charge in [-0.15, -0.1) is 0 Å². The molecule has 2 aromatic rings. The molecule has 0 bridgehead atoms. The van der Waals surface area contributed by atoms with Crippen LogP contribution in [0.4, 0.5) is 0 Å². The molecule has 4 rings (SSSR count). The van der Waals surface area contributed by atoms with Crippen molar-refractivity contribution in [3.8, 4) is 0 Å². The van der Waals surface area contributed by atoms with E-state index in [1.54, 1.807) is 6.92 Å². The molecule has 0 atom stereocenters. The van der Waals surface area contributed by atoms with Crippen molar-refractivity contribution in [1.82, 2.24) is 9.80 Å². The number of esters is 1. The number of carbonyl (C=O) groups is 3. The van der Waals surface area contributed by atoms with Gasteiger partial charge in [0, 0.05) is 57.5 Å². The van der Waals surface area contributed by atoms with Crippen molar-refractivity contribution in [3.63, 3.8) is 0 Å². The standard InChI is InChI=1S/C32H42N2O4/c1-2-38-32(37)10-6-9-31(36)34-21-15-25(16-22-34)11-14-30(35)29-13-12-27-17-19-33(20-18-28(27)23-29)24-26-7-4-3-5-8-26/h3-5,7-8,12-13,23,25H,2,6,9-11,14-22,24H2,1H3. The number of benzene rings is 2. The molecule has 2 heterocycles. The van der Waals surface area contributed by atoms with E-state index in [2.05, 4.69) is 47.4 Å². The molecule has 1 amide bonds. The topological polar surface area (TPSA) is 66.9 Å². The summed E-state index contributed by atoms with van der Waals surface area (Å²) < 4.78 is 4.93. The summed E-state index contributed by atoms with van der Waals surface area (Å²) in [6.45, 7) is 6.68. The van der Waals surface area contributed by atoms with Gasteiger partial charge in [-0.2, -0.15) is 0 Å². The van der Waals surface area contributed by atoms with E-state index >= 15 is 0 Å². The second-order valence-corrected chi connectivity index (χ2v) is 10.7. The Hall–Kier alpha value is -2.99. The van der Waals surface area contributed by atoms with Gasteiger partial charge in [0.1, 0.15) is 0 Å². The monoisotopic (exact) mass is 518 g/mol. The molecule has 0 aliphatic carbocycles. The maximum Gasteiger partial charge on any atom is 0.305 e. The van der Waals surface area contributed by atoms with Crippen LogP contribution in [-0.4, -0.2) is 60.2 Å². The summed E-state index contributed by atoms with van der Waals surface area (Å²) in [7, 11) is 0. The van der Waals surface area contributed by atoms with Crippen LogP contribution < -0.4 is 0 Å². The van der Waals surface area contributed by atoms with E-state index in [0.717, 1.165) is 70.4 Å². The average Bonchev–Trinajstić information content (AvgIpc) is 3.14. The van der Waals surface area contributed by atoms with Gasteiger partial charge in [0.2, 0.25) is 5.91 Å². The SMILES string of the molecule is CCOC(=O)CCCC(=O)N1CCC(CCC(=O)c2ccc3c(c2)CCN(Cc2ccccc2)CC3)CC1. The van der Waals surface area contributed by atoms with E-state index in [0.29, 0.717) is 38.2 Å². The Kier molecular flexibility index (Phi) is 10.5. The summed E-state index contributed by atoms with van der Waals surface area (Å²) in [4.78, 5) is 41.4. The lowest BCUT2D eigenvalue weighted by Gasteiger charge is -2.32. The number of ether oxygens (including phenoxy) is 1. The molecule has 0 unspecified atom stereocenters. The van der Waals surface area contributed by atoms with Crippen molar-refractivity contribution in [2.24, 2.45) is 5.92 Å². The Bertz CT molecular complexity index is 1080. The quantitative estimate of drug-likeness (QED) is 0.301. The first kappa shape index (κ1) is 28.0. The molecular formula is C32H42N2O4. The number of rotatable bonds is 11. The summed E-state index contributed by atoms with van der Waals surface area (Å²) in [6.07, 6.45) is 6.57. The molecule has 0 N–H and O–H groups in total. The number of piperidine rings is 1. The highest BCUT2D eigenvalue weighted by Crippen LogP contribution is 2.25. The molecule has 2 aliphatic heterocycles. The summed E-state index contributed by atoms with van der Waals surface area (Å²) in [6, 6.07) is 16.9. The van der Waals surface area contributed by atoms with Crippen molar-refractivity contribution in [3.05, 3.63) is 70.8 Å². The Balaban J connectivity index is 1.18. The minimum Gasteiger partial charge on any atom is -0.466 e. The third-order valence-corrected chi connectivity index (χ3v) is 8.00. The van der Waals surface area contributed by atoms with Crippen LogP contribution in [0, 0.1) is 5.92 Å². The average molecular weight is 519 g/mol. The Labute approximate surface area is 227 Å². The molecule has 6 nitrogen and oxygen atoms in total. The molecular weight excluding hydrogens is 476 g/mol. The Morgan fingerprint density at radius 1 is 0.868 bits per heavy atom. The molecule has 1 saturated heterocycles. The molecule has 204 valence electrons. The highest BCUT2D eigenvalue weighted by molar-refractivity contribution is 5.96. The molecule has 6 heteroatoms. The van der Waals surface area contributed by atoms with E-state index in [-0.39, 0.29) is 17.7 Å². The fourth-order valence-corrected chi connectivity index (χ4v) is 5.67. The molecule has 2 aliphatic rings. The lowest BCUT2D eigenvalue weighted by Crippen LogP contribution is -2.38. The van der Waals surface area contributed by atoms with Crippen LogP contribution in [0.5, 0.6) is 0 Å². The predicted octanol–water partition coefficient (Wildman–Crippen LogP) is 5.22. The minimum absolute atomic E-state index is 0.121. The highest BCUT2D eigenvalue weighted by atomic mass is 16.5. The number of hydrogen-bond acceptors (Lipinski definition) is 5. The summed E-state index contributed by atoms with van der Waals surface area (Å²) in [5.41, 5.74) is 4.88. The van der Waals surface area contributed by atoms with Crippen LogP contribution in [0.3, 0.4) is 0 Å². The fourth-order valence-electron chi connectivity index (χ4n) is 5.67. The van der Waals surface area contributed by atoms with Crippen molar-refractivity contribution < 1.29 is 19.1 Å². The maximum absolute atomic E-state index is 13.0. The third-order valence-electron chi connectivity index (χ3n) is 8.00.